The van der Waals surface area contributed by atoms with Gasteiger partial charge in [-0.15, -0.1) is 0 Å². The number of ketones is 1. The van der Waals surface area contributed by atoms with E-state index in [1.807, 2.05) is 37.6 Å². The van der Waals surface area contributed by atoms with Crippen molar-refractivity contribution in [3.8, 4) is 11.1 Å². The molecule has 1 N–H and O–H groups in total. The van der Waals surface area contributed by atoms with Crippen LogP contribution in [0.2, 0.25) is 5.02 Å². The third-order valence-electron chi connectivity index (χ3n) is 5.19. The van der Waals surface area contributed by atoms with E-state index in [2.05, 4.69) is 27.2 Å². The smallest absolute Gasteiger partial charge is 0.296 e. The number of carbonyl (C=O) groups is 2. The molecule has 0 aliphatic carbocycles. The highest BCUT2D eigenvalue weighted by atomic mass is 35.5. The number of carbonyl (C=O) groups excluding carboxylic acids is 2. The lowest BCUT2D eigenvalue weighted by molar-refractivity contribution is -0.112. The van der Waals surface area contributed by atoms with Crippen LogP contribution in [0, 0.1) is 0 Å². The summed E-state index contributed by atoms with van der Waals surface area (Å²) in [4.78, 5) is 29.2. The quantitative estimate of drug-likeness (QED) is 0.247. The molecule has 0 unspecified atom stereocenters. The minimum absolute atomic E-state index is 0.265. The number of amides is 1. The summed E-state index contributed by atoms with van der Waals surface area (Å²) >= 11 is 5.84. The number of aliphatic imine (C=N–C) groups is 1. The summed E-state index contributed by atoms with van der Waals surface area (Å²) in [6.45, 7) is 3.66. The second-order valence-corrected chi connectivity index (χ2v) is 7.88. The minimum atomic E-state index is -0.731. The summed E-state index contributed by atoms with van der Waals surface area (Å²) in [7, 11) is 3.55. The zero-order valence-electron chi connectivity index (χ0n) is 18.6. The monoisotopic (exact) mass is 472 g/mol. The van der Waals surface area contributed by atoms with Crippen LogP contribution in [-0.2, 0) is 11.8 Å². The largest absolute Gasteiger partial charge is 0.319 e. The van der Waals surface area contributed by atoms with Gasteiger partial charge in [0.2, 0.25) is 0 Å². The average molecular weight is 473 g/mol. The molecule has 9 heteroatoms. The first kappa shape index (κ1) is 22.9. The maximum atomic E-state index is 12.4. The van der Waals surface area contributed by atoms with Crippen LogP contribution in [-0.4, -0.2) is 45.6 Å². The third kappa shape index (κ3) is 4.72. The first-order chi connectivity index (χ1) is 16.4. The molecule has 0 saturated heterocycles. The van der Waals surface area contributed by atoms with Gasteiger partial charge in [-0.1, -0.05) is 23.7 Å². The molecule has 2 aromatic heterocycles. The molecule has 2 aromatic carbocycles. The van der Waals surface area contributed by atoms with E-state index < -0.39 is 11.7 Å². The lowest BCUT2D eigenvalue weighted by Crippen LogP contribution is -2.22. The fourth-order valence-electron chi connectivity index (χ4n) is 3.50. The standard InChI is InChI=1S/C25H21ClN6O2/c1-27-23(22-12-18(15-32(22)28-2)19-13-29-31(3)14-19)16-6-10-21(11-7-16)30-25(34)24(33)17-4-8-20(26)9-5-17/h4-15H,2H2,1,3H3,(H,30,34)/b27-23-. The average Bonchev–Trinajstić information content (AvgIpc) is 3.47. The van der Waals surface area contributed by atoms with Crippen LogP contribution in [0.3, 0.4) is 0 Å². The van der Waals surface area contributed by atoms with Crippen LogP contribution in [0.1, 0.15) is 21.6 Å². The Morgan fingerprint density at radius 1 is 1.00 bits per heavy atom. The summed E-state index contributed by atoms with van der Waals surface area (Å²) in [5.74, 6) is -1.38. The van der Waals surface area contributed by atoms with Crippen molar-refractivity contribution in [2.24, 2.45) is 17.1 Å². The number of anilines is 1. The van der Waals surface area contributed by atoms with Crippen molar-refractivity contribution < 1.29 is 9.59 Å². The lowest BCUT2D eigenvalue weighted by Gasteiger charge is -2.09. The SMILES string of the molecule is C=Nn1cc(-c2cnn(C)c2)cc1/C(=N\C)c1ccc(NC(=O)C(=O)c2ccc(Cl)cc2)cc1. The molecule has 34 heavy (non-hydrogen) atoms. The highest BCUT2D eigenvalue weighted by Crippen LogP contribution is 2.24. The van der Waals surface area contributed by atoms with Crippen molar-refractivity contribution in [1.29, 1.82) is 0 Å². The molecule has 4 aromatic rings. The van der Waals surface area contributed by atoms with Gasteiger partial charge in [0.25, 0.3) is 11.7 Å². The van der Waals surface area contributed by atoms with E-state index in [0.29, 0.717) is 16.4 Å². The van der Waals surface area contributed by atoms with Crippen LogP contribution in [0.4, 0.5) is 5.69 Å². The molecule has 0 spiro atoms. The fourth-order valence-corrected chi connectivity index (χ4v) is 3.62. The van der Waals surface area contributed by atoms with Crippen LogP contribution < -0.4 is 5.32 Å². The third-order valence-corrected chi connectivity index (χ3v) is 5.44. The Hall–Kier alpha value is -4.30. The summed E-state index contributed by atoms with van der Waals surface area (Å²) in [6, 6.07) is 15.2. The zero-order valence-corrected chi connectivity index (χ0v) is 19.3. The Morgan fingerprint density at radius 3 is 2.26 bits per heavy atom. The van der Waals surface area contributed by atoms with E-state index in [9.17, 15) is 9.59 Å². The van der Waals surface area contributed by atoms with Gasteiger partial charge < -0.3 is 5.32 Å². The predicted molar refractivity (Wildman–Crippen MR) is 134 cm³/mol. The van der Waals surface area contributed by atoms with Crippen molar-refractivity contribution in [1.82, 2.24) is 14.5 Å². The Kier molecular flexibility index (Phi) is 6.51. The second kappa shape index (κ2) is 9.68. The van der Waals surface area contributed by atoms with E-state index in [0.717, 1.165) is 22.4 Å². The number of aromatic nitrogens is 3. The maximum absolute atomic E-state index is 12.4. The predicted octanol–water partition coefficient (Wildman–Crippen LogP) is 4.29. The number of aryl methyl sites for hydroxylation is 1. The molecule has 8 nitrogen and oxygen atoms in total. The number of nitrogens with one attached hydrogen (secondary N) is 1. The van der Waals surface area contributed by atoms with Gasteiger partial charge in [-0.2, -0.15) is 10.2 Å². The first-order valence-electron chi connectivity index (χ1n) is 10.3. The molecule has 0 atom stereocenters. The van der Waals surface area contributed by atoms with Crippen LogP contribution in [0.5, 0.6) is 0 Å². The maximum Gasteiger partial charge on any atom is 0.296 e. The number of rotatable bonds is 7. The van der Waals surface area contributed by atoms with Crippen molar-refractivity contribution in [2.45, 2.75) is 0 Å². The van der Waals surface area contributed by atoms with Gasteiger partial charge in [0.05, 0.1) is 17.6 Å². The number of halogens is 1. The van der Waals surface area contributed by atoms with Gasteiger partial charge in [-0.25, -0.2) is 4.68 Å². The van der Waals surface area contributed by atoms with E-state index in [4.69, 9.17) is 11.6 Å². The zero-order chi connectivity index (χ0) is 24.2. The van der Waals surface area contributed by atoms with E-state index in [-0.39, 0.29) is 5.56 Å². The Bertz CT molecular complexity index is 1400. The van der Waals surface area contributed by atoms with E-state index in [1.54, 1.807) is 46.9 Å². The van der Waals surface area contributed by atoms with Gasteiger partial charge in [-0.3, -0.25) is 19.3 Å². The molecule has 0 fully saturated rings. The first-order valence-corrected chi connectivity index (χ1v) is 10.6. The van der Waals surface area contributed by atoms with Crippen molar-refractivity contribution in [3.63, 3.8) is 0 Å². The summed E-state index contributed by atoms with van der Waals surface area (Å²) in [6.07, 6.45) is 5.55. The van der Waals surface area contributed by atoms with Crippen LogP contribution in [0.25, 0.3) is 11.1 Å². The van der Waals surface area contributed by atoms with Crippen LogP contribution >= 0.6 is 11.6 Å². The summed E-state index contributed by atoms with van der Waals surface area (Å²) < 4.78 is 3.39. The molecule has 2 heterocycles. The van der Waals surface area contributed by atoms with Gasteiger partial charge in [0.1, 0.15) is 0 Å². The molecular weight excluding hydrogens is 452 g/mol. The van der Waals surface area contributed by atoms with Gasteiger partial charge in [0, 0.05) is 66.2 Å². The van der Waals surface area contributed by atoms with Crippen LogP contribution in [0.15, 0.2) is 83.3 Å². The molecular formula is C25H21ClN6O2. The molecule has 4 rings (SSSR count). The Labute approximate surface area is 201 Å². The highest BCUT2D eigenvalue weighted by molar-refractivity contribution is 6.46. The lowest BCUT2D eigenvalue weighted by atomic mass is 10.1. The van der Waals surface area contributed by atoms with Crippen molar-refractivity contribution >= 4 is 41.4 Å². The number of nitrogens with zero attached hydrogens (tertiary/aromatic N) is 5. The Morgan fingerprint density at radius 2 is 1.68 bits per heavy atom. The molecule has 0 bridgehead atoms. The topological polar surface area (TPSA) is 93.6 Å². The molecule has 170 valence electrons. The molecule has 0 aliphatic heterocycles. The summed E-state index contributed by atoms with van der Waals surface area (Å²) in [5, 5.41) is 11.4. The van der Waals surface area contributed by atoms with Gasteiger partial charge >= 0.3 is 0 Å². The number of hydrogen-bond acceptors (Lipinski definition) is 5. The molecule has 0 radical (unpaired) electrons. The highest BCUT2D eigenvalue weighted by Gasteiger charge is 2.18. The number of benzene rings is 2. The molecule has 0 aliphatic rings. The Balaban J connectivity index is 1.54. The normalized spacial score (nSPS) is 11.3. The fraction of sp³-hybridized carbons (Fsp3) is 0.0800. The van der Waals surface area contributed by atoms with E-state index >= 15 is 0 Å². The molecule has 1 amide bonds. The molecule has 0 saturated carbocycles. The van der Waals surface area contributed by atoms with Gasteiger partial charge in [-0.05, 0) is 42.5 Å². The number of Topliss-reactive ketones (excluding diaryl/α,β-unsaturated/α-hetero) is 1. The van der Waals surface area contributed by atoms with E-state index in [1.165, 1.54) is 12.1 Å². The summed E-state index contributed by atoms with van der Waals surface area (Å²) in [5.41, 5.74) is 4.89. The van der Waals surface area contributed by atoms with Gasteiger partial charge in [0.15, 0.2) is 0 Å². The minimum Gasteiger partial charge on any atom is -0.319 e. The van der Waals surface area contributed by atoms with Crippen molar-refractivity contribution in [2.75, 3.05) is 12.4 Å². The second-order valence-electron chi connectivity index (χ2n) is 7.44. The number of hydrogen-bond donors (Lipinski definition) is 1. The van der Waals surface area contributed by atoms with Crippen molar-refractivity contribution in [3.05, 3.63) is 95.0 Å².